The molecule has 0 aliphatic carbocycles. The van der Waals surface area contributed by atoms with Gasteiger partial charge >= 0.3 is 0 Å². The fourth-order valence-corrected chi connectivity index (χ4v) is 2.40. The van der Waals surface area contributed by atoms with Crippen LogP contribution in [0, 0.1) is 0 Å². The van der Waals surface area contributed by atoms with Gasteiger partial charge in [0.05, 0.1) is 12.7 Å². The van der Waals surface area contributed by atoms with Gasteiger partial charge in [-0.2, -0.15) is 0 Å². The van der Waals surface area contributed by atoms with Crippen molar-refractivity contribution in [3.05, 3.63) is 34.3 Å². The standard InChI is InChI=1S/C14H20BrNO/c1-11-8-16(14(2,3)10-17-11)9-12-4-6-13(15)7-5-12/h4-7,11H,8-10H2,1-3H3/t11-/m0/s1. The number of benzene rings is 1. The molecule has 0 radical (unpaired) electrons. The molecule has 0 unspecified atom stereocenters. The molecule has 17 heavy (non-hydrogen) atoms. The summed E-state index contributed by atoms with van der Waals surface area (Å²) >= 11 is 3.47. The Hall–Kier alpha value is -0.380. The van der Waals surface area contributed by atoms with Crippen molar-refractivity contribution in [3.8, 4) is 0 Å². The Morgan fingerprint density at radius 1 is 1.35 bits per heavy atom. The van der Waals surface area contributed by atoms with E-state index in [2.05, 4.69) is 65.9 Å². The normalized spacial score (nSPS) is 24.8. The molecular formula is C14H20BrNO. The molecule has 1 heterocycles. The van der Waals surface area contributed by atoms with E-state index in [1.54, 1.807) is 0 Å². The molecule has 2 nitrogen and oxygen atoms in total. The maximum absolute atomic E-state index is 5.73. The van der Waals surface area contributed by atoms with Gasteiger partial charge in [0.25, 0.3) is 0 Å². The Labute approximate surface area is 112 Å². The van der Waals surface area contributed by atoms with E-state index in [4.69, 9.17) is 4.74 Å². The van der Waals surface area contributed by atoms with Crippen LogP contribution in [0.5, 0.6) is 0 Å². The van der Waals surface area contributed by atoms with E-state index in [0.29, 0.717) is 6.10 Å². The Kier molecular flexibility index (Phi) is 3.91. The molecule has 0 aromatic heterocycles. The predicted octanol–water partition coefficient (Wildman–Crippen LogP) is 3.45. The monoisotopic (exact) mass is 297 g/mol. The molecule has 1 aliphatic heterocycles. The summed E-state index contributed by atoms with van der Waals surface area (Å²) in [6.07, 6.45) is 0.332. The quantitative estimate of drug-likeness (QED) is 0.829. The third-order valence-corrected chi connectivity index (χ3v) is 3.87. The highest BCUT2D eigenvalue weighted by Gasteiger charge is 2.33. The molecule has 0 N–H and O–H groups in total. The fourth-order valence-electron chi connectivity index (χ4n) is 2.14. The average molecular weight is 298 g/mol. The van der Waals surface area contributed by atoms with E-state index in [9.17, 15) is 0 Å². The van der Waals surface area contributed by atoms with Crippen molar-refractivity contribution in [1.29, 1.82) is 0 Å². The molecule has 0 amide bonds. The van der Waals surface area contributed by atoms with Crippen molar-refractivity contribution in [2.75, 3.05) is 13.2 Å². The van der Waals surface area contributed by atoms with E-state index in [1.165, 1.54) is 5.56 Å². The Morgan fingerprint density at radius 3 is 2.65 bits per heavy atom. The topological polar surface area (TPSA) is 12.5 Å². The zero-order valence-corrected chi connectivity index (χ0v) is 12.3. The van der Waals surface area contributed by atoms with Gasteiger partial charge in [0.1, 0.15) is 0 Å². The van der Waals surface area contributed by atoms with E-state index < -0.39 is 0 Å². The molecule has 1 aromatic rings. The second kappa shape index (κ2) is 5.09. The van der Waals surface area contributed by atoms with Crippen LogP contribution < -0.4 is 0 Å². The van der Waals surface area contributed by atoms with Crippen LogP contribution in [0.15, 0.2) is 28.7 Å². The Morgan fingerprint density at radius 2 is 2.00 bits per heavy atom. The van der Waals surface area contributed by atoms with Crippen LogP contribution in [-0.2, 0) is 11.3 Å². The lowest BCUT2D eigenvalue weighted by atomic mass is 10.00. The molecule has 1 aromatic carbocycles. The van der Waals surface area contributed by atoms with Crippen LogP contribution in [0.3, 0.4) is 0 Å². The third kappa shape index (κ3) is 3.30. The summed E-state index contributed by atoms with van der Waals surface area (Å²) in [5, 5.41) is 0. The van der Waals surface area contributed by atoms with Crippen molar-refractivity contribution < 1.29 is 4.74 Å². The molecule has 0 bridgehead atoms. The highest BCUT2D eigenvalue weighted by atomic mass is 79.9. The molecular weight excluding hydrogens is 278 g/mol. The minimum atomic E-state index is 0.125. The van der Waals surface area contributed by atoms with Crippen LogP contribution >= 0.6 is 15.9 Å². The lowest BCUT2D eigenvalue weighted by molar-refractivity contribution is -0.0949. The van der Waals surface area contributed by atoms with Gasteiger partial charge in [0, 0.05) is 23.1 Å². The van der Waals surface area contributed by atoms with Gasteiger partial charge in [-0.3, -0.25) is 4.90 Å². The summed E-state index contributed by atoms with van der Waals surface area (Å²) in [6, 6.07) is 8.57. The lowest BCUT2D eigenvalue weighted by Crippen LogP contribution is -2.54. The van der Waals surface area contributed by atoms with Gasteiger partial charge in [0.2, 0.25) is 0 Å². The van der Waals surface area contributed by atoms with Crippen LogP contribution in [-0.4, -0.2) is 29.7 Å². The number of hydrogen-bond acceptors (Lipinski definition) is 2. The number of morpholine rings is 1. The molecule has 1 fully saturated rings. The summed E-state index contributed by atoms with van der Waals surface area (Å²) in [7, 11) is 0. The third-order valence-electron chi connectivity index (χ3n) is 3.34. The summed E-state index contributed by atoms with van der Waals surface area (Å²) in [6.45, 7) is 9.45. The molecule has 2 rings (SSSR count). The molecule has 0 spiro atoms. The number of rotatable bonds is 2. The van der Waals surface area contributed by atoms with Crippen molar-refractivity contribution in [2.45, 2.75) is 39.0 Å². The number of ether oxygens (including phenoxy) is 1. The van der Waals surface area contributed by atoms with Gasteiger partial charge in [-0.05, 0) is 38.5 Å². The Balaban J connectivity index is 2.08. The van der Waals surface area contributed by atoms with Crippen LogP contribution in [0.1, 0.15) is 26.3 Å². The van der Waals surface area contributed by atoms with Gasteiger partial charge in [-0.15, -0.1) is 0 Å². The summed E-state index contributed by atoms with van der Waals surface area (Å²) in [4.78, 5) is 2.50. The SMILES string of the molecule is C[C@H]1CN(Cc2ccc(Br)cc2)C(C)(C)CO1. The second-order valence-electron chi connectivity index (χ2n) is 5.44. The Bertz CT molecular complexity index is 374. The highest BCUT2D eigenvalue weighted by molar-refractivity contribution is 9.10. The molecule has 0 saturated carbocycles. The number of hydrogen-bond donors (Lipinski definition) is 0. The van der Waals surface area contributed by atoms with Gasteiger partial charge in [0.15, 0.2) is 0 Å². The number of nitrogens with zero attached hydrogens (tertiary/aromatic N) is 1. The molecule has 1 atom stereocenters. The van der Waals surface area contributed by atoms with Crippen LogP contribution in [0.2, 0.25) is 0 Å². The zero-order valence-electron chi connectivity index (χ0n) is 10.7. The first kappa shape index (κ1) is 13.1. The van der Waals surface area contributed by atoms with Crippen molar-refractivity contribution in [3.63, 3.8) is 0 Å². The van der Waals surface area contributed by atoms with E-state index in [1.807, 2.05) is 0 Å². The van der Waals surface area contributed by atoms with Crippen LogP contribution in [0.25, 0.3) is 0 Å². The smallest absolute Gasteiger partial charge is 0.0675 e. The molecule has 1 aliphatic rings. The largest absolute Gasteiger partial charge is 0.375 e. The summed E-state index contributed by atoms with van der Waals surface area (Å²) in [5.41, 5.74) is 1.48. The van der Waals surface area contributed by atoms with E-state index in [-0.39, 0.29) is 5.54 Å². The van der Waals surface area contributed by atoms with E-state index in [0.717, 1.165) is 24.2 Å². The van der Waals surface area contributed by atoms with Gasteiger partial charge in [-0.25, -0.2) is 0 Å². The first-order chi connectivity index (χ1) is 7.97. The van der Waals surface area contributed by atoms with Crippen molar-refractivity contribution >= 4 is 15.9 Å². The summed E-state index contributed by atoms with van der Waals surface area (Å²) < 4.78 is 6.87. The minimum Gasteiger partial charge on any atom is -0.375 e. The van der Waals surface area contributed by atoms with Gasteiger partial charge < -0.3 is 4.74 Å². The maximum atomic E-state index is 5.73. The van der Waals surface area contributed by atoms with E-state index >= 15 is 0 Å². The predicted molar refractivity (Wildman–Crippen MR) is 74.0 cm³/mol. The maximum Gasteiger partial charge on any atom is 0.0675 e. The molecule has 1 saturated heterocycles. The highest BCUT2D eigenvalue weighted by Crippen LogP contribution is 2.24. The molecule has 94 valence electrons. The number of halogens is 1. The zero-order chi connectivity index (χ0) is 12.5. The van der Waals surface area contributed by atoms with Crippen LogP contribution in [0.4, 0.5) is 0 Å². The van der Waals surface area contributed by atoms with Gasteiger partial charge in [-0.1, -0.05) is 28.1 Å². The summed E-state index contributed by atoms with van der Waals surface area (Å²) in [5.74, 6) is 0. The van der Waals surface area contributed by atoms with Crippen molar-refractivity contribution in [1.82, 2.24) is 4.90 Å². The minimum absolute atomic E-state index is 0.125. The first-order valence-corrected chi connectivity index (χ1v) is 6.88. The second-order valence-corrected chi connectivity index (χ2v) is 6.36. The lowest BCUT2D eigenvalue weighted by Gasteiger charge is -2.44. The average Bonchev–Trinajstić information content (AvgIpc) is 2.27. The van der Waals surface area contributed by atoms with Crippen molar-refractivity contribution in [2.24, 2.45) is 0 Å². The first-order valence-electron chi connectivity index (χ1n) is 6.08. The molecule has 3 heteroatoms. The fraction of sp³-hybridized carbons (Fsp3) is 0.571.